The molecule has 1 aliphatic heterocycles. The van der Waals surface area contributed by atoms with Crippen molar-refractivity contribution in [1.29, 1.82) is 0 Å². The summed E-state index contributed by atoms with van der Waals surface area (Å²) in [6.45, 7) is 7.91. The zero-order valence-corrected chi connectivity index (χ0v) is 17.9. The summed E-state index contributed by atoms with van der Waals surface area (Å²) >= 11 is 0. The molecule has 2 amide bonds. The average Bonchev–Trinajstić information content (AvgIpc) is 2.61. The van der Waals surface area contributed by atoms with Gasteiger partial charge in [-0.15, -0.1) is 0 Å². The SMILES string of the molecule is CNS(=O)(=O)c1cc(NC(=O)C2CCCN(C(=O)OC(C)(C)C)C2)ccc1C. The molecule has 1 saturated heterocycles. The van der Waals surface area contributed by atoms with Crippen LogP contribution in [-0.4, -0.2) is 51.1 Å². The molecule has 0 radical (unpaired) electrons. The monoisotopic (exact) mass is 411 g/mol. The number of hydrogen-bond donors (Lipinski definition) is 2. The third-order valence-corrected chi connectivity index (χ3v) is 6.01. The van der Waals surface area contributed by atoms with E-state index in [1.165, 1.54) is 13.1 Å². The lowest BCUT2D eigenvalue weighted by Gasteiger charge is -2.33. The van der Waals surface area contributed by atoms with Crippen LogP contribution in [0.2, 0.25) is 0 Å². The van der Waals surface area contributed by atoms with Crippen LogP contribution >= 0.6 is 0 Å². The first kappa shape index (κ1) is 22.2. The van der Waals surface area contributed by atoms with Gasteiger partial charge in [0, 0.05) is 18.8 Å². The minimum Gasteiger partial charge on any atom is -0.444 e. The fraction of sp³-hybridized carbons (Fsp3) is 0.579. The molecule has 2 N–H and O–H groups in total. The van der Waals surface area contributed by atoms with Crippen LogP contribution in [0.15, 0.2) is 23.1 Å². The summed E-state index contributed by atoms with van der Waals surface area (Å²) in [5, 5.41) is 2.77. The van der Waals surface area contributed by atoms with E-state index in [1.54, 1.807) is 44.7 Å². The Morgan fingerprint density at radius 2 is 1.93 bits per heavy atom. The van der Waals surface area contributed by atoms with Gasteiger partial charge in [-0.2, -0.15) is 0 Å². The highest BCUT2D eigenvalue weighted by molar-refractivity contribution is 7.89. The molecule has 1 aliphatic rings. The topological polar surface area (TPSA) is 105 Å². The summed E-state index contributed by atoms with van der Waals surface area (Å²) in [6.07, 6.45) is 0.922. The molecule has 1 heterocycles. The number of nitrogens with zero attached hydrogens (tertiary/aromatic N) is 1. The van der Waals surface area contributed by atoms with E-state index in [2.05, 4.69) is 10.0 Å². The largest absolute Gasteiger partial charge is 0.444 e. The second-order valence-electron chi connectivity index (χ2n) is 7.94. The van der Waals surface area contributed by atoms with Gasteiger partial charge < -0.3 is 15.0 Å². The second kappa shape index (κ2) is 8.48. The molecular weight excluding hydrogens is 382 g/mol. The predicted octanol–water partition coefficient (Wildman–Crippen LogP) is 2.49. The van der Waals surface area contributed by atoms with Crippen molar-refractivity contribution in [2.45, 2.75) is 51.0 Å². The minimum atomic E-state index is -3.62. The number of piperidine rings is 1. The first-order valence-corrected chi connectivity index (χ1v) is 10.7. The van der Waals surface area contributed by atoms with Crippen LogP contribution in [0.25, 0.3) is 0 Å². The molecule has 28 heavy (non-hydrogen) atoms. The third-order valence-electron chi connectivity index (χ3n) is 4.46. The maximum Gasteiger partial charge on any atom is 0.410 e. The van der Waals surface area contributed by atoms with Gasteiger partial charge in [-0.25, -0.2) is 17.9 Å². The van der Waals surface area contributed by atoms with E-state index in [0.29, 0.717) is 30.6 Å². The third kappa shape index (κ3) is 5.68. The number of carbonyl (C=O) groups excluding carboxylic acids is 2. The molecule has 0 saturated carbocycles. The van der Waals surface area contributed by atoms with Gasteiger partial charge in [-0.3, -0.25) is 4.79 Å². The number of likely N-dealkylation sites (tertiary alicyclic amines) is 1. The fourth-order valence-electron chi connectivity index (χ4n) is 3.01. The standard InChI is InChI=1S/C19H29N3O5S/c1-13-8-9-15(11-16(13)28(25,26)20-5)21-17(23)14-7-6-10-22(12-14)18(24)27-19(2,3)4/h8-9,11,14,20H,6-7,10,12H2,1-5H3,(H,21,23). The molecular formula is C19H29N3O5S. The smallest absolute Gasteiger partial charge is 0.410 e. The number of sulfonamides is 1. The molecule has 9 heteroatoms. The van der Waals surface area contributed by atoms with Crippen LogP contribution in [0.5, 0.6) is 0 Å². The Hall–Kier alpha value is -2.13. The quantitative estimate of drug-likeness (QED) is 0.792. The highest BCUT2D eigenvalue weighted by Gasteiger charge is 2.31. The van der Waals surface area contributed by atoms with Gasteiger partial charge in [0.05, 0.1) is 10.8 Å². The Morgan fingerprint density at radius 1 is 1.25 bits per heavy atom. The van der Waals surface area contributed by atoms with Gasteiger partial charge in [0.1, 0.15) is 5.60 Å². The summed E-state index contributed by atoms with van der Waals surface area (Å²) < 4.78 is 31.9. The van der Waals surface area contributed by atoms with Crippen LogP contribution < -0.4 is 10.0 Å². The minimum absolute atomic E-state index is 0.117. The van der Waals surface area contributed by atoms with E-state index in [4.69, 9.17) is 4.74 Å². The van der Waals surface area contributed by atoms with Crippen molar-refractivity contribution in [2.24, 2.45) is 5.92 Å². The molecule has 8 nitrogen and oxygen atoms in total. The molecule has 1 unspecified atom stereocenters. The highest BCUT2D eigenvalue weighted by atomic mass is 32.2. The zero-order valence-electron chi connectivity index (χ0n) is 17.0. The van der Waals surface area contributed by atoms with Crippen LogP contribution in [0, 0.1) is 12.8 Å². The molecule has 1 atom stereocenters. The van der Waals surface area contributed by atoms with Crippen LogP contribution in [0.3, 0.4) is 0 Å². The molecule has 0 aliphatic carbocycles. The second-order valence-corrected chi connectivity index (χ2v) is 9.80. The maximum atomic E-state index is 12.7. The molecule has 1 fully saturated rings. The average molecular weight is 412 g/mol. The Balaban J connectivity index is 2.09. The van der Waals surface area contributed by atoms with Crippen molar-refractivity contribution >= 4 is 27.7 Å². The molecule has 0 bridgehead atoms. The first-order chi connectivity index (χ1) is 12.9. The van der Waals surface area contributed by atoms with Gasteiger partial charge in [-0.1, -0.05) is 6.07 Å². The van der Waals surface area contributed by atoms with Gasteiger partial charge >= 0.3 is 6.09 Å². The summed E-state index contributed by atoms with van der Waals surface area (Å²) in [4.78, 5) is 26.6. The van der Waals surface area contributed by atoms with Crippen LogP contribution in [0.4, 0.5) is 10.5 Å². The van der Waals surface area contributed by atoms with Crippen molar-refractivity contribution in [1.82, 2.24) is 9.62 Å². The number of carbonyl (C=O) groups is 2. The van der Waals surface area contributed by atoms with Crippen molar-refractivity contribution in [2.75, 3.05) is 25.5 Å². The van der Waals surface area contributed by atoms with E-state index in [0.717, 1.165) is 0 Å². The Morgan fingerprint density at radius 3 is 2.54 bits per heavy atom. The fourth-order valence-corrected chi connectivity index (χ4v) is 4.00. The van der Waals surface area contributed by atoms with Crippen molar-refractivity contribution in [3.05, 3.63) is 23.8 Å². The van der Waals surface area contributed by atoms with E-state index >= 15 is 0 Å². The van der Waals surface area contributed by atoms with Crippen molar-refractivity contribution in [3.63, 3.8) is 0 Å². The molecule has 1 aromatic rings. The number of hydrogen-bond acceptors (Lipinski definition) is 5. The first-order valence-electron chi connectivity index (χ1n) is 9.26. The lowest BCUT2D eigenvalue weighted by Crippen LogP contribution is -2.45. The zero-order chi connectivity index (χ0) is 21.1. The Labute approximate surface area is 166 Å². The van der Waals surface area contributed by atoms with Crippen molar-refractivity contribution in [3.8, 4) is 0 Å². The van der Waals surface area contributed by atoms with Crippen molar-refractivity contribution < 1.29 is 22.7 Å². The summed E-state index contributed by atoms with van der Waals surface area (Å²) in [5.41, 5.74) is 0.392. The molecule has 0 aromatic heterocycles. The normalized spacial score (nSPS) is 17.9. The number of aryl methyl sites for hydroxylation is 1. The summed E-state index contributed by atoms with van der Waals surface area (Å²) in [7, 11) is -2.28. The molecule has 0 spiro atoms. The number of anilines is 1. The summed E-state index contributed by atoms with van der Waals surface area (Å²) in [6, 6.07) is 4.75. The number of rotatable bonds is 4. The maximum absolute atomic E-state index is 12.7. The number of nitrogens with one attached hydrogen (secondary N) is 2. The Bertz CT molecular complexity index is 846. The van der Waals surface area contributed by atoms with Gasteiger partial charge in [0.25, 0.3) is 0 Å². The lowest BCUT2D eigenvalue weighted by molar-refractivity contribution is -0.121. The number of ether oxygens (including phenoxy) is 1. The van der Waals surface area contributed by atoms with E-state index in [1.807, 2.05) is 0 Å². The van der Waals surface area contributed by atoms with E-state index in [-0.39, 0.29) is 23.3 Å². The van der Waals surface area contributed by atoms with Gasteiger partial charge in [0.2, 0.25) is 15.9 Å². The van der Waals surface area contributed by atoms with Crippen LogP contribution in [-0.2, 0) is 19.6 Å². The van der Waals surface area contributed by atoms with E-state index in [9.17, 15) is 18.0 Å². The highest BCUT2D eigenvalue weighted by Crippen LogP contribution is 2.23. The van der Waals surface area contributed by atoms with Crippen LogP contribution in [0.1, 0.15) is 39.2 Å². The lowest BCUT2D eigenvalue weighted by atomic mass is 9.97. The summed E-state index contributed by atoms with van der Waals surface area (Å²) in [5.74, 6) is -0.628. The molecule has 2 rings (SSSR count). The molecule has 156 valence electrons. The van der Waals surface area contributed by atoms with Gasteiger partial charge in [-0.05, 0) is 65.3 Å². The molecule has 1 aromatic carbocycles. The van der Waals surface area contributed by atoms with Gasteiger partial charge in [0.15, 0.2) is 0 Å². The Kier molecular flexibility index (Phi) is 6.71. The van der Waals surface area contributed by atoms with E-state index < -0.39 is 21.7 Å². The number of benzene rings is 1. The predicted molar refractivity (Wildman–Crippen MR) is 107 cm³/mol. The number of amides is 2.